The predicted molar refractivity (Wildman–Crippen MR) is 61.5 cm³/mol. The van der Waals surface area contributed by atoms with Crippen LogP contribution in [-0.2, 0) is 0 Å². The molecule has 17 heavy (non-hydrogen) atoms. The van der Waals surface area contributed by atoms with Crippen molar-refractivity contribution in [2.75, 3.05) is 13.7 Å². The Kier molecular flexibility index (Phi) is 4.28. The van der Waals surface area contributed by atoms with E-state index in [2.05, 4.69) is 0 Å². The summed E-state index contributed by atoms with van der Waals surface area (Å²) in [6.07, 6.45) is -0.944. The van der Waals surface area contributed by atoms with Crippen molar-refractivity contribution in [3.8, 4) is 11.5 Å². The minimum absolute atomic E-state index is 0.177. The van der Waals surface area contributed by atoms with Gasteiger partial charge in [-0.05, 0) is 19.9 Å². The number of nitro benzene ring substituents is 1. The summed E-state index contributed by atoms with van der Waals surface area (Å²) in [5.41, 5.74) is 0.0274. The van der Waals surface area contributed by atoms with Crippen LogP contribution in [0, 0.1) is 10.1 Å². The minimum atomic E-state index is -0.944. The number of nitrogens with zero attached hydrogens (tertiary/aromatic N) is 1. The second kappa shape index (κ2) is 5.49. The third kappa shape index (κ3) is 2.85. The van der Waals surface area contributed by atoms with Crippen molar-refractivity contribution in [3.63, 3.8) is 0 Å². The van der Waals surface area contributed by atoms with Crippen LogP contribution in [0.3, 0.4) is 0 Å². The molecule has 0 aliphatic carbocycles. The summed E-state index contributed by atoms with van der Waals surface area (Å²) in [6.45, 7) is 3.61. The molecule has 1 unspecified atom stereocenters. The largest absolute Gasteiger partial charge is 0.493 e. The highest BCUT2D eigenvalue weighted by Crippen LogP contribution is 2.37. The number of nitro groups is 1. The van der Waals surface area contributed by atoms with E-state index in [1.165, 1.54) is 26.2 Å². The van der Waals surface area contributed by atoms with E-state index >= 15 is 0 Å². The van der Waals surface area contributed by atoms with Gasteiger partial charge in [0.25, 0.3) is 5.69 Å². The normalized spacial score (nSPS) is 12.0. The zero-order chi connectivity index (χ0) is 13.0. The first-order valence-electron chi connectivity index (χ1n) is 5.18. The van der Waals surface area contributed by atoms with Gasteiger partial charge in [-0.15, -0.1) is 0 Å². The van der Waals surface area contributed by atoms with Crippen LogP contribution in [0.15, 0.2) is 12.1 Å². The maximum absolute atomic E-state index is 10.9. The number of benzene rings is 1. The van der Waals surface area contributed by atoms with Gasteiger partial charge in [-0.3, -0.25) is 10.1 Å². The Morgan fingerprint density at radius 1 is 1.47 bits per heavy atom. The first-order valence-corrected chi connectivity index (χ1v) is 5.18. The molecule has 0 aromatic heterocycles. The topological polar surface area (TPSA) is 81.8 Å². The molecular weight excluding hydrogens is 226 g/mol. The molecule has 1 atom stereocenters. The standard InChI is InChI=1S/C11H15NO5/c1-4-17-11-6-9(12(14)15)8(7(2)13)5-10(11)16-3/h5-7,13H,4H2,1-3H3. The van der Waals surface area contributed by atoms with E-state index in [0.29, 0.717) is 18.1 Å². The van der Waals surface area contributed by atoms with Crippen molar-refractivity contribution >= 4 is 5.69 Å². The average molecular weight is 241 g/mol. The highest BCUT2D eigenvalue weighted by atomic mass is 16.6. The molecule has 0 spiro atoms. The van der Waals surface area contributed by atoms with E-state index in [0.717, 1.165) is 0 Å². The average Bonchev–Trinajstić information content (AvgIpc) is 2.28. The molecule has 0 aliphatic rings. The van der Waals surface area contributed by atoms with Crippen LogP contribution < -0.4 is 9.47 Å². The minimum Gasteiger partial charge on any atom is -0.493 e. The van der Waals surface area contributed by atoms with Crippen LogP contribution in [-0.4, -0.2) is 23.7 Å². The number of aliphatic hydroxyl groups is 1. The van der Waals surface area contributed by atoms with Gasteiger partial charge >= 0.3 is 0 Å². The zero-order valence-corrected chi connectivity index (χ0v) is 9.97. The van der Waals surface area contributed by atoms with Crippen LogP contribution in [0.1, 0.15) is 25.5 Å². The van der Waals surface area contributed by atoms with Crippen molar-refractivity contribution in [3.05, 3.63) is 27.8 Å². The molecule has 0 fully saturated rings. The number of methoxy groups -OCH3 is 1. The molecule has 0 saturated carbocycles. The molecular formula is C11H15NO5. The summed E-state index contributed by atoms with van der Waals surface area (Å²) in [5.74, 6) is 0.666. The van der Waals surface area contributed by atoms with Gasteiger partial charge < -0.3 is 14.6 Å². The van der Waals surface area contributed by atoms with Gasteiger partial charge in [0.15, 0.2) is 11.5 Å². The van der Waals surface area contributed by atoms with E-state index in [9.17, 15) is 15.2 Å². The van der Waals surface area contributed by atoms with Gasteiger partial charge in [0, 0.05) is 0 Å². The van der Waals surface area contributed by atoms with Gasteiger partial charge in [-0.1, -0.05) is 0 Å². The number of aliphatic hydroxyl groups excluding tert-OH is 1. The van der Waals surface area contributed by atoms with E-state index in [1.54, 1.807) is 6.92 Å². The van der Waals surface area contributed by atoms with E-state index in [-0.39, 0.29) is 11.3 Å². The number of ether oxygens (including phenoxy) is 2. The molecule has 0 heterocycles. The van der Waals surface area contributed by atoms with Gasteiger partial charge in [-0.2, -0.15) is 0 Å². The Morgan fingerprint density at radius 2 is 2.12 bits per heavy atom. The maximum atomic E-state index is 10.9. The Balaban J connectivity index is 3.36. The number of rotatable bonds is 5. The third-order valence-electron chi connectivity index (χ3n) is 2.26. The molecule has 0 radical (unpaired) electrons. The fourth-order valence-electron chi connectivity index (χ4n) is 1.49. The quantitative estimate of drug-likeness (QED) is 0.630. The molecule has 1 aromatic carbocycles. The lowest BCUT2D eigenvalue weighted by Crippen LogP contribution is -2.03. The summed E-state index contributed by atoms with van der Waals surface area (Å²) >= 11 is 0. The van der Waals surface area contributed by atoms with Crippen LogP contribution in [0.2, 0.25) is 0 Å². The Hall–Kier alpha value is -1.82. The highest BCUT2D eigenvalue weighted by Gasteiger charge is 2.22. The molecule has 6 heteroatoms. The Morgan fingerprint density at radius 3 is 2.53 bits per heavy atom. The molecule has 0 aliphatic heterocycles. The summed E-state index contributed by atoms with van der Waals surface area (Å²) in [4.78, 5) is 10.3. The summed E-state index contributed by atoms with van der Waals surface area (Å²) in [7, 11) is 1.44. The second-order valence-corrected chi connectivity index (χ2v) is 3.43. The second-order valence-electron chi connectivity index (χ2n) is 3.43. The van der Waals surface area contributed by atoms with Crippen LogP contribution >= 0.6 is 0 Å². The van der Waals surface area contributed by atoms with E-state index in [4.69, 9.17) is 9.47 Å². The van der Waals surface area contributed by atoms with Crippen molar-refractivity contribution in [2.45, 2.75) is 20.0 Å². The van der Waals surface area contributed by atoms with Crippen molar-refractivity contribution in [1.29, 1.82) is 0 Å². The monoisotopic (exact) mass is 241 g/mol. The molecule has 0 saturated heterocycles. The van der Waals surface area contributed by atoms with Crippen LogP contribution in [0.4, 0.5) is 5.69 Å². The first-order chi connectivity index (χ1) is 8.01. The predicted octanol–water partition coefficient (Wildman–Crippen LogP) is 2.06. The van der Waals surface area contributed by atoms with Crippen LogP contribution in [0.25, 0.3) is 0 Å². The van der Waals surface area contributed by atoms with Crippen molar-refractivity contribution in [1.82, 2.24) is 0 Å². The molecule has 1 aromatic rings. The lowest BCUT2D eigenvalue weighted by molar-refractivity contribution is -0.386. The molecule has 0 amide bonds. The first kappa shape index (κ1) is 13.2. The van der Waals surface area contributed by atoms with Gasteiger partial charge in [-0.25, -0.2) is 0 Å². The fraction of sp³-hybridized carbons (Fsp3) is 0.455. The summed E-state index contributed by atoms with van der Waals surface area (Å²) in [5, 5.41) is 20.4. The number of hydrogen-bond acceptors (Lipinski definition) is 5. The smallest absolute Gasteiger partial charge is 0.279 e. The highest BCUT2D eigenvalue weighted by molar-refractivity contribution is 5.54. The van der Waals surface area contributed by atoms with E-state index < -0.39 is 11.0 Å². The zero-order valence-electron chi connectivity index (χ0n) is 9.97. The Labute approximate surface area is 98.9 Å². The van der Waals surface area contributed by atoms with E-state index in [1.807, 2.05) is 0 Å². The van der Waals surface area contributed by atoms with Gasteiger partial charge in [0.1, 0.15) is 0 Å². The molecule has 6 nitrogen and oxygen atoms in total. The lowest BCUT2D eigenvalue weighted by Gasteiger charge is -2.12. The maximum Gasteiger partial charge on any atom is 0.279 e. The SMILES string of the molecule is CCOc1cc([N+](=O)[O-])c(C(C)O)cc1OC. The molecule has 1 N–H and O–H groups in total. The fourth-order valence-corrected chi connectivity index (χ4v) is 1.49. The van der Waals surface area contributed by atoms with Gasteiger partial charge in [0.2, 0.25) is 0 Å². The van der Waals surface area contributed by atoms with Gasteiger partial charge in [0.05, 0.1) is 36.4 Å². The molecule has 1 rings (SSSR count). The van der Waals surface area contributed by atoms with Crippen molar-refractivity contribution in [2.24, 2.45) is 0 Å². The lowest BCUT2D eigenvalue weighted by atomic mass is 10.1. The summed E-state index contributed by atoms with van der Waals surface area (Å²) in [6, 6.07) is 2.69. The Bertz CT molecular complexity index is 417. The third-order valence-corrected chi connectivity index (χ3v) is 2.26. The van der Waals surface area contributed by atoms with Crippen molar-refractivity contribution < 1.29 is 19.5 Å². The van der Waals surface area contributed by atoms with Crippen LogP contribution in [0.5, 0.6) is 11.5 Å². The molecule has 0 bridgehead atoms. The number of hydrogen-bond donors (Lipinski definition) is 1. The summed E-state index contributed by atoms with van der Waals surface area (Å²) < 4.78 is 10.3. The molecule has 94 valence electrons.